The van der Waals surface area contributed by atoms with Crippen LogP contribution in [-0.4, -0.2) is 23.0 Å². The minimum atomic E-state index is -0.195. The van der Waals surface area contributed by atoms with Gasteiger partial charge in [-0.1, -0.05) is 26.1 Å². The quantitative estimate of drug-likeness (QED) is 0.791. The van der Waals surface area contributed by atoms with Crippen molar-refractivity contribution in [2.75, 3.05) is 13.1 Å². The van der Waals surface area contributed by atoms with Gasteiger partial charge in [-0.05, 0) is 37.7 Å². The van der Waals surface area contributed by atoms with Crippen molar-refractivity contribution in [1.29, 1.82) is 0 Å². The Bertz CT molecular complexity index is 393. The summed E-state index contributed by atoms with van der Waals surface area (Å²) in [7, 11) is 0. The van der Waals surface area contributed by atoms with E-state index in [2.05, 4.69) is 18.7 Å². The molecule has 0 aromatic heterocycles. The lowest BCUT2D eigenvalue weighted by Crippen LogP contribution is -2.24. The maximum Gasteiger partial charge on any atom is 0.127 e. The van der Waals surface area contributed by atoms with E-state index in [-0.39, 0.29) is 5.82 Å². The molecule has 0 radical (unpaired) electrons. The number of nitrogens with zero attached hydrogens (tertiary/aromatic N) is 1. The van der Waals surface area contributed by atoms with Crippen LogP contribution in [0, 0.1) is 5.82 Å². The molecule has 0 saturated heterocycles. The molecule has 0 unspecified atom stereocenters. The fourth-order valence-electron chi connectivity index (χ4n) is 1.76. The van der Waals surface area contributed by atoms with Crippen molar-refractivity contribution in [3.05, 3.63) is 35.1 Å². The molecule has 0 amide bonds. The topological polar surface area (TPSA) is 29.3 Å². The van der Waals surface area contributed by atoms with Gasteiger partial charge in [-0.15, -0.1) is 0 Å². The van der Waals surface area contributed by atoms with Gasteiger partial charge in [0.2, 0.25) is 0 Å². The molecule has 2 nitrogen and oxygen atoms in total. The van der Waals surface area contributed by atoms with Crippen LogP contribution >= 0.6 is 12.2 Å². The van der Waals surface area contributed by atoms with Gasteiger partial charge in [0.25, 0.3) is 0 Å². The summed E-state index contributed by atoms with van der Waals surface area (Å²) in [5.41, 5.74) is 6.93. The molecule has 0 aliphatic heterocycles. The molecule has 0 saturated carbocycles. The van der Waals surface area contributed by atoms with E-state index in [1.54, 1.807) is 12.1 Å². The zero-order valence-corrected chi connectivity index (χ0v) is 11.2. The fourth-order valence-corrected chi connectivity index (χ4v) is 1.88. The molecular weight excluding hydrogens is 235 g/mol. The predicted molar refractivity (Wildman–Crippen MR) is 73.5 cm³/mol. The van der Waals surface area contributed by atoms with Crippen molar-refractivity contribution < 1.29 is 4.39 Å². The highest BCUT2D eigenvalue weighted by Crippen LogP contribution is 2.13. The first kappa shape index (κ1) is 14.1. The molecule has 0 fully saturated rings. The number of thiocarbonyl (C=S) groups is 1. The Kier molecular flexibility index (Phi) is 5.51. The van der Waals surface area contributed by atoms with Gasteiger partial charge in [0.1, 0.15) is 10.8 Å². The van der Waals surface area contributed by atoms with E-state index in [9.17, 15) is 4.39 Å². The summed E-state index contributed by atoms with van der Waals surface area (Å²) in [4.78, 5) is 2.51. The lowest BCUT2D eigenvalue weighted by Gasteiger charge is -2.20. The molecule has 17 heavy (non-hydrogen) atoms. The second-order valence-corrected chi connectivity index (χ2v) is 4.48. The van der Waals surface area contributed by atoms with Gasteiger partial charge in [0.15, 0.2) is 0 Å². The predicted octanol–water partition coefficient (Wildman–Crippen LogP) is 2.69. The zero-order valence-electron chi connectivity index (χ0n) is 10.4. The summed E-state index contributed by atoms with van der Waals surface area (Å²) in [5, 5.41) is 0. The molecule has 0 atom stereocenters. The van der Waals surface area contributed by atoms with Gasteiger partial charge in [0.05, 0.1) is 0 Å². The Morgan fingerprint density at radius 2 is 2.12 bits per heavy atom. The normalized spacial score (nSPS) is 10.8. The van der Waals surface area contributed by atoms with Crippen LogP contribution in [0.15, 0.2) is 18.2 Å². The van der Waals surface area contributed by atoms with Crippen molar-refractivity contribution in [1.82, 2.24) is 4.90 Å². The fraction of sp³-hybridized carbons (Fsp3) is 0.462. The van der Waals surface area contributed by atoms with Crippen LogP contribution in [0.1, 0.15) is 31.4 Å². The molecule has 1 aromatic rings. The number of rotatable bonds is 6. The minimum Gasteiger partial charge on any atom is -0.389 e. The third-order valence-electron chi connectivity index (χ3n) is 2.71. The van der Waals surface area contributed by atoms with Crippen molar-refractivity contribution in [3.63, 3.8) is 0 Å². The first-order valence-corrected chi connectivity index (χ1v) is 6.29. The van der Waals surface area contributed by atoms with Crippen LogP contribution in [-0.2, 0) is 6.54 Å². The standard InChI is InChI=1S/C13H19FN2S/c1-3-7-16(4-2)9-11-8-10(13(15)17)5-6-12(11)14/h5-6,8H,3-4,7,9H2,1-2H3,(H2,15,17). The maximum atomic E-state index is 13.7. The molecule has 1 rings (SSSR count). The number of halogens is 1. The van der Waals surface area contributed by atoms with E-state index < -0.39 is 0 Å². The average Bonchev–Trinajstić information content (AvgIpc) is 2.30. The number of hydrogen-bond donors (Lipinski definition) is 1. The number of nitrogens with two attached hydrogens (primary N) is 1. The highest BCUT2D eigenvalue weighted by Gasteiger charge is 2.09. The van der Waals surface area contributed by atoms with E-state index >= 15 is 0 Å². The van der Waals surface area contributed by atoms with Crippen LogP contribution in [0.2, 0.25) is 0 Å². The Balaban J connectivity index is 2.88. The SMILES string of the molecule is CCCN(CC)Cc1cc(C(N)=S)ccc1F. The number of benzene rings is 1. The molecule has 4 heteroatoms. The lowest BCUT2D eigenvalue weighted by atomic mass is 10.1. The van der Waals surface area contributed by atoms with Crippen molar-refractivity contribution in [3.8, 4) is 0 Å². The number of hydrogen-bond acceptors (Lipinski definition) is 2. The third-order valence-corrected chi connectivity index (χ3v) is 2.95. The van der Waals surface area contributed by atoms with Gasteiger partial charge in [-0.3, -0.25) is 4.90 Å². The summed E-state index contributed by atoms with van der Waals surface area (Å²) in [6, 6.07) is 4.80. The molecule has 0 aliphatic rings. The summed E-state index contributed by atoms with van der Waals surface area (Å²) < 4.78 is 13.7. The molecule has 94 valence electrons. The van der Waals surface area contributed by atoms with Crippen LogP contribution in [0.3, 0.4) is 0 Å². The molecule has 2 N–H and O–H groups in total. The second kappa shape index (κ2) is 6.67. The van der Waals surface area contributed by atoms with E-state index in [4.69, 9.17) is 18.0 Å². The van der Waals surface area contributed by atoms with Crippen molar-refractivity contribution in [2.24, 2.45) is 5.73 Å². The van der Waals surface area contributed by atoms with Gasteiger partial charge < -0.3 is 5.73 Å². The summed E-state index contributed by atoms with van der Waals surface area (Å²) in [6.45, 7) is 6.67. The Morgan fingerprint density at radius 1 is 1.41 bits per heavy atom. The monoisotopic (exact) mass is 254 g/mol. The average molecular weight is 254 g/mol. The summed E-state index contributed by atoms with van der Waals surface area (Å²) in [5.74, 6) is -0.195. The highest BCUT2D eigenvalue weighted by molar-refractivity contribution is 7.80. The van der Waals surface area contributed by atoms with Gasteiger partial charge in [-0.2, -0.15) is 0 Å². The van der Waals surface area contributed by atoms with Gasteiger partial charge in [0, 0.05) is 17.7 Å². The summed E-state index contributed by atoms with van der Waals surface area (Å²) in [6.07, 6.45) is 1.06. The molecule has 0 bridgehead atoms. The largest absolute Gasteiger partial charge is 0.389 e. The second-order valence-electron chi connectivity index (χ2n) is 4.04. The lowest BCUT2D eigenvalue weighted by molar-refractivity contribution is 0.276. The van der Waals surface area contributed by atoms with Crippen LogP contribution < -0.4 is 5.73 Å². The Morgan fingerprint density at radius 3 is 2.65 bits per heavy atom. The van der Waals surface area contributed by atoms with Crippen LogP contribution in [0.4, 0.5) is 4.39 Å². The van der Waals surface area contributed by atoms with E-state index in [0.29, 0.717) is 17.1 Å². The smallest absolute Gasteiger partial charge is 0.127 e. The molecular formula is C13H19FN2S. The van der Waals surface area contributed by atoms with E-state index in [0.717, 1.165) is 25.1 Å². The zero-order chi connectivity index (χ0) is 12.8. The van der Waals surface area contributed by atoms with Gasteiger partial charge >= 0.3 is 0 Å². The van der Waals surface area contributed by atoms with Crippen LogP contribution in [0.25, 0.3) is 0 Å². The Labute approximate surface area is 108 Å². The Hall–Kier alpha value is -1.00. The van der Waals surface area contributed by atoms with Crippen molar-refractivity contribution in [2.45, 2.75) is 26.8 Å². The van der Waals surface area contributed by atoms with Crippen LogP contribution in [0.5, 0.6) is 0 Å². The van der Waals surface area contributed by atoms with Gasteiger partial charge in [-0.25, -0.2) is 4.39 Å². The first-order valence-electron chi connectivity index (χ1n) is 5.89. The van der Waals surface area contributed by atoms with E-state index in [1.165, 1.54) is 6.07 Å². The minimum absolute atomic E-state index is 0.195. The molecule has 0 spiro atoms. The maximum absolute atomic E-state index is 13.7. The van der Waals surface area contributed by atoms with Crippen molar-refractivity contribution >= 4 is 17.2 Å². The highest BCUT2D eigenvalue weighted by atomic mass is 32.1. The molecule has 1 aromatic carbocycles. The third kappa shape index (κ3) is 4.06. The molecule has 0 aliphatic carbocycles. The van der Waals surface area contributed by atoms with E-state index in [1.807, 2.05) is 0 Å². The molecule has 0 heterocycles. The first-order chi connectivity index (χ1) is 8.08. The summed E-state index contributed by atoms with van der Waals surface area (Å²) >= 11 is 4.90.